The number of phenolic OH excluding ortho intramolecular Hbond substituents is 1. The highest BCUT2D eigenvalue weighted by Crippen LogP contribution is 2.37. The number of halogens is 1. The molecule has 1 N–H and O–H groups in total. The van der Waals surface area contributed by atoms with Gasteiger partial charge in [-0.1, -0.05) is 11.6 Å². The van der Waals surface area contributed by atoms with Crippen LogP contribution in [0.15, 0.2) is 18.2 Å². The lowest BCUT2D eigenvalue weighted by atomic mass is 10.1. The van der Waals surface area contributed by atoms with Crippen molar-refractivity contribution in [3.8, 4) is 5.75 Å². The van der Waals surface area contributed by atoms with Crippen LogP contribution in [0.4, 0.5) is 0 Å². The average Bonchev–Trinajstić information content (AvgIpc) is 3.21. The molecule has 0 bridgehead atoms. The highest BCUT2D eigenvalue weighted by atomic mass is 35.5. The van der Waals surface area contributed by atoms with Crippen LogP contribution in [0.5, 0.6) is 5.75 Å². The maximum atomic E-state index is 12.5. The predicted molar refractivity (Wildman–Crippen MR) is 76.1 cm³/mol. The summed E-state index contributed by atoms with van der Waals surface area (Å²) in [6.45, 7) is 3.15. The standard InChI is InChI=1S/C15H18ClNO3/c1-9-7-17(8-14(20-9)10-2-3-10)15(19)12-5-4-11(16)6-13(12)18/h4-6,9-10,14,18H,2-3,7-8H2,1H3/t9-,14-/m1/s1. The summed E-state index contributed by atoms with van der Waals surface area (Å²) in [7, 11) is 0. The van der Waals surface area contributed by atoms with Gasteiger partial charge in [0.1, 0.15) is 5.75 Å². The van der Waals surface area contributed by atoms with Gasteiger partial charge >= 0.3 is 0 Å². The molecule has 4 nitrogen and oxygen atoms in total. The van der Waals surface area contributed by atoms with E-state index in [1.165, 1.54) is 18.9 Å². The van der Waals surface area contributed by atoms with E-state index in [9.17, 15) is 9.90 Å². The van der Waals surface area contributed by atoms with Gasteiger partial charge in [0.05, 0.1) is 17.8 Å². The van der Waals surface area contributed by atoms with Crippen LogP contribution < -0.4 is 0 Å². The summed E-state index contributed by atoms with van der Waals surface area (Å²) in [6.07, 6.45) is 2.54. The van der Waals surface area contributed by atoms with E-state index in [-0.39, 0.29) is 23.9 Å². The molecule has 3 rings (SSSR count). The molecule has 0 aromatic heterocycles. The van der Waals surface area contributed by atoms with Crippen molar-refractivity contribution in [1.29, 1.82) is 0 Å². The Bertz CT molecular complexity index is 530. The van der Waals surface area contributed by atoms with E-state index in [0.29, 0.717) is 29.6 Å². The second-order valence-corrected chi connectivity index (χ2v) is 6.13. The van der Waals surface area contributed by atoms with E-state index < -0.39 is 0 Å². The van der Waals surface area contributed by atoms with Gasteiger partial charge in [0.25, 0.3) is 5.91 Å². The minimum atomic E-state index is -0.153. The van der Waals surface area contributed by atoms with Crippen LogP contribution in [0.25, 0.3) is 0 Å². The number of hydrogen-bond donors (Lipinski definition) is 1. The highest BCUT2D eigenvalue weighted by molar-refractivity contribution is 6.30. The lowest BCUT2D eigenvalue weighted by Crippen LogP contribution is -2.49. The molecule has 2 atom stereocenters. The molecule has 2 fully saturated rings. The fraction of sp³-hybridized carbons (Fsp3) is 0.533. The Labute approximate surface area is 123 Å². The third-order valence-electron chi connectivity index (χ3n) is 3.91. The fourth-order valence-electron chi connectivity index (χ4n) is 2.74. The number of carbonyl (C=O) groups excluding carboxylic acids is 1. The number of carbonyl (C=O) groups is 1. The molecule has 1 aliphatic heterocycles. The zero-order valence-electron chi connectivity index (χ0n) is 11.4. The molecule has 1 saturated carbocycles. The van der Waals surface area contributed by atoms with Crippen LogP contribution in [0.1, 0.15) is 30.1 Å². The fourth-order valence-corrected chi connectivity index (χ4v) is 2.90. The first-order valence-electron chi connectivity index (χ1n) is 6.98. The Morgan fingerprint density at radius 1 is 1.40 bits per heavy atom. The van der Waals surface area contributed by atoms with E-state index in [1.54, 1.807) is 17.0 Å². The summed E-state index contributed by atoms with van der Waals surface area (Å²) in [5, 5.41) is 10.3. The van der Waals surface area contributed by atoms with E-state index >= 15 is 0 Å². The molecular weight excluding hydrogens is 278 g/mol. The van der Waals surface area contributed by atoms with Crippen LogP contribution in [-0.2, 0) is 4.74 Å². The number of nitrogens with zero attached hydrogens (tertiary/aromatic N) is 1. The van der Waals surface area contributed by atoms with Gasteiger partial charge in [0, 0.05) is 18.1 Å². The summed E-state index contributed by atoms with van der Waals surface area (Å²) >= 11 is 5.80. The number of morpholine rings is 1. The summed E-state index contributed by atoms with van der Waals surface area (Å²) in [5.41, 5.74) is 0.304. The molecule has 20 heavy (non-hydrogen) atoms. The van der Waals surface area contributed by atoms with Crippen LogP contribution in [0.2, 0.25) is 5.02 Å². The van der Waals surface area contributed by atoms with E-state index in [0.717, 1.165) is 0 Å². The second-order valence-electron chi connectivity index (χ2n) is 5.69. The van der Waals surface area contributed by atoms with E-state index in [2.05, 4.69) is 0 Å². The van der Waals surface area contributed by atoms with E-state index in [4.69, 9.17) is 16.3 Å². The number of hydrogen-bond acceptors (Lipinski definition) is 3. The Kier molecular flexibility index (Phi) is 3.61. The Hall–Kier alpha value is -1.26. The molecule has 1 aromatic carbocycles. The van der Waals surface area contributed by atoms with Crippen molar-refractivity contribution in [2.24, 2.45) is 5.92 Å². The minimum Gasteiger partial charge on any atom is -0.507 e. The molecule has 0 radical (unpaired) electrons. The van der Waals surface area contributed by atoms with Crippen molar-refractivity contribution in [3.63, 3.8) is 0 Å². The smallest absolute Gasteiger partial charge is 0.257 e. The van der Waals surface area contributed by atoms with Crippen molar-refractivity contribution >= 4 is 17.5 Å². The lowest BCUT2D eigenvalue weighted by Gasteiger charge is -2.37. The first-order valence-corrected chi connectivity index (χ1v) is 7.35. The minimum absolute atomic E-state index is 0.0349. The lowest BCUT2D eigenvalue weighted by molar-refractivity contribution is -0.0762. The van der Waals surface area contributed by atoms with Crippen molar-refractivity contribution < 1.29 is 14.6 Å². The topological polar surface area (TPSA) is 49.8 Å². The monoisotopic (exact) mass is 295 g/mol. The summed E-state index contributed by atoms with van der Waals surface area (Å²) in [5.74, 6) is 0.372. The van der Waals surface area contributed by atoms with Crippen molar-refractivity contribution in [2.45, 2.75) is 32.0 Å². The molecule has 108 valence electrons. The first-order chi connectivity index (χ1) is 9.54. The zero-order valence-corrected chi connectivity index (χ0v) is 12.1. The van der Waals surface area contributed by atoms with Crippen molar-refractivity contribution in [2.75, 3.05) is 13.1 Å². The number of benzene rings is 1. The molecule has 2 aliphatic rings. The average molecular weight is 296 g/mol. The van der Waals surface area contributed by atoms with Crippen LogP contribution >= 0.6 is 11.6 Å². The SMILES string of the molecule is C[C@@H]1CN(C(=O)c2ccc(Cl)cc2O)C[C@H](C2CC2)O1. The van der Waals surface area contributed by atoms with Crippen molar-refractivity contribution in [3.05, 3.63) is 28.8 Å². The maximum Gasteiger partial charge on any atom is 0.257 e. The number of phenols is 1. The maximum absolute atomic E-state index is 12.5. The second kappa shape index (κ2) is 5.26. The summed E-state index contributed by atoms with van der Waals surface area (Å²) < 4.78 is 5.90. The van der Waals surface area contributed by atoms with E-state index in [1.807, 2.05) is 6.92 Å². The van der Waals surface area contributed by atoms with Crippen LogP contribution in [0.3, 0.4) is 0 Å². The predicted octanol–water partition coefficient (Wildman–Crippen LogP) is 2.69. The molecule has 1 aromatic rings. The summed E-state index contributed by atoms with van der Waals surface area (Å²) in [4.78, 5) is 14.3. The molecule has 1 aliphatic carbocycles. The molecule has 0 unspecified atom stereocenters. The van der Waals surface area contributed by atoms with Crippen LogP contribution in [0, 0.1) is 5.92 Å². The molecule has 1 saturated heterocycles. The molecule has 1 heterocycles. The largest absolute Gasteiger partial charge is 0.507 e. The van der Waals surface area contributed by atoms with Gasteiger partial charge < -0.3 is 14.7 Å². The number of amides is 1. The third kappa shape index (κ3) is 2.76. The van der Waals surface area contributed by atoms with Crippen LogP contribution in [-0.4, -0.2) is 41.2 Å². The number of rotatable bonds is 2. The normalized spacial score (nSPS) is 26.6. The highest BCUT2D eigenvalue weighted by Gasteiger charge is 2.39. The number of ether oxygens (including phenoxy) is 1. The van der Waals surface area contributed by atoms with Gasteiger partial charge in [-0.3, -0.25) is 4.79 Å². The number of aromatic hydroxyl groups is 1. The zero-order chi connectivity index (χ0) is 14.3. The third-order valence-corrected chi connectivity index (χ3v) is 4.15. The molecule has 5 heteroatoms. The molecule has 0 spiro atoms. The van der Waals surface area contributed by atoms with Gasteiger partial charge in [-0.05, 0) is 43.9 Å². The van der Waals surface area contributed by atoms with Gasteiger partial charge in [-0.25, -0.2) is 0 Å². The van der Waals surface area contributed by atoms with Gasteiger partial charge in [-0.2, -0.15) is 0 Å². The molecular formula is C15H18ClNO3. The summed E-state index contributed by atoms with van der Waals surface area (Å²) in [6, 6.07) is 4.60. The van der Waals surface area contributed by atoms with Crippen molar-refractivity contribution in [1.82, 2.24) is 4.90 Å². The Balaban J connectivity index is 1.78. The van der Waals surface area contributed by atoms with Gasteiger partial charge in [0.2, 0.25) is 0 Å². The quantitative estimate of drug-likeness (QED) is 0.912. The Morgan fingerprint density at radius 3 is 2.80 bits per heavy atom. The van der Waals surface area contributed by atoms with Gasteiger partial charge in [-0.15, -0.1) is 0 Å². The Morgan fingerprint density at radius 2 is 2.15 bits per heavy atom. The van der Waals surface area contributed by atoms with Gasteiger partial charge in [0.15, 0.2) is 0 Å². The first kappa shape index (κ1) is 13.7. The molecule has 1 amide bonds.